The molecule has 5 heteroatoms. The van der Waals surface area contributed by atoms with Gasteiger partial charge in [-0.25, -0.2) is 4.98 Å². The third kappa shape index (κ3) is 5.21. The summed E-state index contributed by atoms with van der Waals surface area (Å²) in [5.74, 6) is -1.80. The molecular weight excluding hydrogens is 683 g/mol. The quantitative estimate of drug-likeness (QED) is 0.171. The first-order valence-corrected chi connectivity index (χ1v) is 16.8. The standard InChI is InChI=1S/C51H33N5/c1-3-15-34(16-4-1)36-27-29-37(30-28-36)49-52-50(54-51(53-49)56-45-24-12-8-19-39(45)40-20-9-13-25-46(40)56)43-22-10-14-26-47(43)55-44-23-11-7-21-41(44)42-32-31-38(33-48(42)55)35-17-5-2-6-18-35/h1-33H/i1D,2D,3D,4D,5D,6D,7D,10D,11D,14D,15D,16D,17D,18D,21D,22D,23D,26D,27D,28D,29D,30D,31D,32D,33D. The summed E-state index contributed by atoms with van der Waals surface area (Å²) in [7, 11) is 0. The van der Waals surface area contributed by atoms with Crippen LogP contribution in [0.15, 0.2) is 200 Å². The summed E-state index contributed by atoms with van der Waals surface area (Å²) in [6.45, 7) is 0. The third-order valence-corrected chi connectivity index (χ3v) is 9.02. The fourth-order valence-corrected chi connectivity index (χ4v) is 6.62. The number of para-hydroxylation sites is 4. The van der Waals surface area contributed by atoms with Gasteiger partial charge in [0.25, 0.3) is 0 Å². The van der Waals surface area contributed by atoms with Gasteiger partial charge < -0.3 is 4.57 Å². The normalized spacial score (nSPS) is 17.8. The highest BCUT2D eigenvalue weighted by atomic mass is 15.2. The van der Waals surface area contributed by atoms with Crippen molar-refractivity contribution in [3.8, 4) is 56.7 Å². The molecule has 56 heavy (non-hydrogen) atoms. The van der Waals surface area contributed by atoms with Gasteiger partial charge in [-0.3, -0.25) is 4.57 Å². The van der Waals surface area contributed by atoms with E-state index in [-0.39, 0.29) is 5.95 Å². The number of hydrogen-bond donors (Lipinski definition) is 0. The van der Waals surface area contributed by atoms with Crippen LogP contribution in [-0.4, -0.2) is 24.1 Å². The lowest BCUT2D eigenvalue weighted by Gasteiger charge is -2.15. The van der Waals surface area contributed by atoms with Crippen LogP contribution < -0.4 is 0 Å². The van der Waals surface area contributed by atoms with Crippen molar-refractivity contribution >= 4 is 43.6 Å². The summed E-state index contributed by atoms with van der Waals surface area (Å²) in [5, 5.41) is 0.206. The van der Waals surface area contributed by atoms with Crippen molar-refractivity contribution < 1.29 is 34.3 Å². The van der Waals surface area contributed by atoms with Crippen molar-refractivity contribution in [1.82, 2.24) is 24.1 Å². The monoisotopic (exact) mass is 740 g/mol. The number of nitrogens with zero attached hydrogens (tertiary/aromatic N) is 5. The van der Waals surface area contributed by atoms with Crippen molar-refractivity contribution in [2.24, 2.45) is 0 Å². The summed E-state index contributed by atoms with van der Waals surface area (Å²) in [4.78, 5) is 14.2. The molecule has 3 heterocycles. The molecule has 11 aromatic rings. The van der Waals surface area contributed by atoms with E-state index in [1.54, 1.807) is 48.5 Å². The Balaban J connectivity index is 1.35. The van der Waals surface area contributed by atoms with Crippen LogP contribution in [-0.2, 0) is 0 Å². The van der Waals surface area contributed by atoms with Crippen LogP contribution in [0.5, 0.6) is 0 Å². The molecule has 0 bridgehead atoms. The first-order valence-electron chi connectivity index (χ1n) is 29.3. The van der Waals surface area contributed by atoms with Crippen LogP contribution >= 0.6 is 0 Å². The van der Waals surface area contributed by atoms with Crippen molar-refractivity contribution in [1.29, 1.82) is 0 Å². The maximum Gasteiger partial charge on any atom is 0.238 e. The van der Waals surface area contributed by atoms with E-state index >= 15 is 0 Å². The first kappa shape index (κ1) is 15.6. The number of aromatic nitrogens is 5. The smallest absolute Gasteiger partial charge is 0.238 e. The second-order valence-corrected chi connectivity index (χ2v) is 12.2. The van der Waals surface area contributed by atoms with Crippen LogP contribution in [0.25, 0.3) is 100 Å². The summed E-state index contributed by atoms with van der Waals surface area (Å²) >= 11 is 0. The van der Waals surface area contributed by atoms with E-state index in [0.29, 0.717) is 21.8 Å². The van der Waals surface area contributed by atoms with Gasteiger partial charge in [0.2, 0.25) is 5.95 Å². The molecule has 0 radical (unpaired) electrons. The molecule has 0 saturated carbocycles. The number of hydrogen-bond acceptors (Lipinski definition) is 3. The van der Waals surface area contributed by atoms with Crippen LogP contribution in [0, 0.1) is 0 Å². The van der Waals surface area contributed by atoms with Crippen LogP contribution in [0.3, 0.4) is 0 Å². The molecule has 0 N–H and O–H groups in total. The zero-order chi connectivity index (χ0) is 58.8. The molecule has 0 atom stereocenters. The Labute approximate surface area is 358 Å². The Hall–Kier alpha value is -7.63. The Kier molecular flexibility index (Phi) is 3.64. The third-order valence-electron chi connectivity index (χ3n) is 9.02. The minimum atomic E-state index is -0.991. The van der Waals surface area contributed by atoms with Gasteiger partial charge in [0.05, 0.1) is 62.0 Å². The van der Waals surface area contributed by atoms with E-state index in [4.69, 9.17) is 29.2 Å². The Morgan fingerprint density at radius 3 is 1.62 bits per heavy atom. The SMILES string of the molecule is [2H]c1c([2H])c([2H])c(-c2c([2H])c([2H])c(-c3nc(-c4c([2H])c([2H])c([2H])c([2H])c4-n4c5c([2H])c([2H])c([2H])c([2H])c5c5c([2H])c([2H])c(-c6c([2H])c([2H])c([2H])c([2H])c6[2H])c([2H])c54)nc(-n4c5ccccc5c5ccccc54)n3)c([2H])c2[2H])c([2H])c1[2H]. The van der Waals surface area contributed by atoms with E-state index in [1.165, 1.54) is 4.57 Å². The largest absolute Gasteiger partial charge is 0.308 e. The van der Waals surface area contributed by atoms with Gasteiger partial charge >= 0.3 is 0 Å². The molecule has 0 saturated heterocycles. The van der Waals surface area contributed by atoms with E-state index in [1.807, 2.05) is 0 Å². The fourth-order valence-electron chi connectivity index (χ4n) is 6.62. The Bertz CT molecular complexity index is 4580. The van der Waals surface area contributed by atoms with Gasteiger partial charge in [-0.15, -0.1) is 0 Å². The molecule has 262 valence electrons. The summed E-state index contributed by atoms with van der Waals surface area (Å²) in [6.07, 6.45) is 0. The predicted octanol–water partition coefficient (Wildman–Crippen LogP) is 12.7. The highest BCUT2D eigenvalue weighted by Gasteiger charge is 2.21. The molecule has 5 nitrogen and oxygen atoms in total. The lowest BCUT2D eigenvalue weighted by molar-refractivity contribution is 0.951. The average molecular weight is 741 g/mol. The van der Waals surface area contributed by atoms with Gasteiger partial charge in [0.15, 0.2) is 11.6 Å². The maximum absolute atomic E-state index is 9.88. The topological polar surface area (TPSA) is 48.5 Å². The molecule has 0 unspecified atom stereocenters. The minimum Gasteiger partial charge on any atom is -0.308 e. The average Bonchev–Trinajstić information content (AvgIpc) is 3.87. The summed E-state index contributed by atoms with van der Waals surface area (Å²) in [6, 6.07) is -8.39. The Morgan fingerprint density at radius 2 is 0.893 bits per heavy atom. The van der Waals surface area contributed by atoms with Crippen LogP contribution in [0.4, 0.5) is 0 Å². The molecule has 0 spiro atoms. The van der Waals surface area contributed by atoms with E-state index in [0.717, 1.165) is 4.57 Å². The van der Waals surface area contributed by atoms with Crippen molar-refractivity contribution in [2.75, 3.05) is 0 Å². The van der Waals surface area contributed by atoms with E-state index < -0.39 is 224 Å². The lowest BCUT2D eigenvalue weighted by Crippen LogP contribution is -2.07. The fraction of sp³-hybridized carbons (Fsp3) is 0. The number of fused-ring (bicyclic) bond motifs is 6. The van der Waals surface area contributed by atoms with Crippen molar-refractivity contribution in [3.63, 3.8) is 0 Å². The van der Waals surface area contributed by atoms with Gasteiger partial charge in [-0.1, -0.05) is 163 Å². The Morgan fingerprint density at radius 1 is 0.357 bits per heavy atom. The first-order chi connectivity index (χ1) is 38.2. The second kappa shape index (κ2) is 13.0. The van der Waals surface area contributed by atoms with Crippen LogP contribution in [0.2, 0.25) is 0 Å². The van der Waals surface area contributed by atoms with Crippen molar-refractivity contribution in [3.05, 3.63) is 200 Å². The molecular formula is C51H33N5. The zero-order valence-electron chi connectivity index (χ0n) is 53.4. The molecule has 0 fully saturated rings. The zero-order valence-corrected chi connectivity index (χ0v) is 28.4. The van der Waals surface area contributed by atoms with Crippen molar-refractivity contribution in [2.45, 2.75) is 0 Å². The highest BCUT2D eigenvalue weighted by molar-refractivity contribution is 6.11. The van der Waals surface area contributed by atoms with Gasteiger partial charge in [-0.05, 0) is 58.6 Å². The van der Waals surface area contributed by atoms with Gasteiger partial charge in [-0.2, -0.15) is 9.97 Å². The summed E-state index contributed by atoms with van der Waals surface area (Å²) in [5.41, 5.74) is -5.43. The lowest BCUT2D eigenvalue weighted by atomic mass is 10.0. The van der Waals surface area contributed by atoms with Gasteiger partial charge in [0, 0.05) is 32.7 Å². The molecule has 11 rings (SSSR count). The molecule has 0 amide bonds. The molecule has 8 aromatic carbocycles. The predicted molar refractivity (Wildman–Crippen MR) is 230 cm³/mol. The number of benzene rings is 8. The molecule has 0 aliphatic carbocycles. The highest BCUT2D eigenvalue weighted by Crippen LogP contribution is 2.38. The number of rotatable bonds is 6. The van der Waals surface area contributed by atoms with Crippen LogP contribution in [0.1, 0.15) is 34.3 Å². The maximum atomic E-state index is 9.88. The summed E-state index contributed by atoms with van der Waals surface area (Å²) < 4.78 is 227. The molecule has 3 aromatic heterocycles. The second-order valence-electron chi connectivity index (χ2n) is 12.2. The minimum absolute atomic E-state index is 0.376. The van der Waals surface area contributed by atoms with E-state index in [9.17, 15) is 15.1 Å². The van der Waals surface area contributed by atoms with Gasteiger partial charge in [0.1, 0.15) is 0 Å². The molecule has 0 aliphatic rings. The van der Waals surface area contributed by atoms with E-state index in [2.05, 4.69) is 4.98 Å². The molecule has 0 aliphatic heterocycles.